The summed E-state index contributed by atoms with van der Waals surface area (Å²) in [6.45, 7) is 4.74. The molecule has 0 aliphatic carbocycles. The molecule has 3 nitrogen and oxygen atoms in total. The second-order valence-corrected chi connectivity index (χ2v) is 3.42. The van der Waals surface area contributed by atoms with Crippen LogP contribution >= 0.6 is 0 Å². The smallest absolute Gasteiger partial charge is 0.217 e. The monoisotopic (exact) mass is 156 g/mol. The average molecular weight is 156 g/mol. The number of carbonyl (C=O) groups is 1. The van der Waals surface area contributed by atoms with Gasteiger partial charge >= 0.3 is 0 Å². The van der Waals surface area contributed by atoms with E-state index in [4.69, 9.17) is 0 Å². The van der Waals surface area contributed by atoms with Crippen LogP contribution in [0.1, 0.15) is 20.3 Å². The van der Waals surface area contributed by atoms with Gasteiger partial charge in [0.05, 0.1) is 0 Å². The number of carbonyl (C=O) groups excluding carboxylic acids is 1. The molecule has 1 N–H and O–H groups in total. The van der Waals surface area contributed by atoms with Crippen molar-refractivity contribution in [1.29, 1.82) is 0 Å². The van der Waals surface area contributed by atoms with Gasteiger partial charge < -0.3 is 10.2 Å². The quantitative estimate of drug-likeness (QED) is 0.589. The van der Waals surface area contributed by atoms with Gasteiger partial charge in [-0.3, -0.25) is 4.79 Å². The van der Waals surface area contributed by atoms with Gasteiger partial charge in [-0.1, -0.05) is 0 Å². The normalized spacial score (nSPS) is 32.3. The molecule has 1 aliphatic rings. The van der Waals surface area contributed by atoms with Gasteiger partial charge in [0.25, 0.3) is 0 Å². The van der Waals surface area contributed by atoms with Gasteiger partial charge in [0.15, 0.2) is 0 Å². The third kappa shape index (κ3) is 2.19. The van der Waals surface area contributed by atoms with Gasteiger partial charge in [-0.05, 0) is 20.4 Å². The lowest BCUT2D eigenvalue weighted by Gasteiger charge is -2.12. The first-order valence-electron chi connectivity index (χ1n) is 4.07. The van der Waals surface area contributed by atoms with Crippen molar-refractivity contribution < 1.29 is 4.79 Å². The van der Waals surface area contributed by atoms with E-state index in [0.29, 0.717) is 12.1 Å². The van der Waals surface area contributed by atoms with Crippen molar-refractivity contribution in [3.05, 3.63) is 0 Å². The first-order chi connectivity index (χ1) is 5.09. The highest BCUT2D eigenvalue weighted by atomic mass is 16.1. The van der Waals surface area contributed by atoms with Crippen molar-refractivity contribution >= 4 is 5.91 Å². The van der Waals surface area contributed by atoms with Gasteiger partial charge in [0.1, 0.15) is 0 Å². The van der Waals surface area contributed by atoms with Crippen LogP contribution in [0.3, 0.4) is 0 Å². The average Bonchev–Trinajstić information content (AvgIpc) is 2.10. The van der Waals surface area contributed by atoms with Crippen molar-refractivity contribution in [2.75, 3.05) is 13.6 Å². The lowest BCUT2D eigenvalue weighted by atomic mass is 10.2. The number of amides is 1. The molecule has 0 spiro atoms. The Morgan fingerprint density at radius 2 is 2.27 bits per heavy atom. The van der Waals surface area contributed by atoms with Crippen LogP contribution < -0.4 is 5.32 Å². The number of hydrogen-bond donors (Lipinski definition) is 1. The minimum absolute atomic E-state index is 0.0810. The highest BCUT2D eigenvalue weighted by molar-refractivity contribution is 5.73. The Morgan fingerprint density at radius 1 is 1.64 bits per heavy atom. The van der Waals surface area contributed by atoms with Crippen molar-refractivity contribution in [2.45, 2.75) is 32.4 Å². The summed E-state index contributed by atoms with van der Waals surface area (Å²) < 4.78 is 0. The fourth-order valence-electron chi connectivity index (χ4n) is 1.59. The van der Waals surface area contributed by atoms with Crippen LogP contribution in [0.5, 0.6) is 0 Å². The summed E-state index contributed by atoms with van der Waals surface area (Å²) in [6, 6.07) is 0.972. The molecule has 1 saturated heterocycles. The highest BCUT2D eigenvalue weighted by Crippen LogP contribution is 2.14. The summed E-state index contributed by atoms with van der Waals surface area (Å²) in [7, 11) is 2.09. The van der Waals surface area contributed by atoms with E-state index in [-0.39, 0.29) is 5.91 Å². The topological polar surface area (TPSA) is 32.3 Å². The molecule has 0 aromatic rings. The SMILES string of the molecule is CC(=O)NC1C[C@@H](C)N(C)C1. The summed E-state index contributed by atoms with van der Waals surface area (Å²) in [5.74, 6) is 0.0810. The summed E-state index contributed by atoms with van der Waals surface area (Å²) in [5, 5.41) is 2.92. The maximum atomic E-state index is 10.7. The van der Waals surface area contributed by atoms with E-state index in [1.54, 1.807) is 6.92 Å². The largest absolute Gasteiger partial charge is 0.352 e. The number of hydrogen-bond acceptors (Lipinski definition) is 2. The van der Waals surface area contributed by atoms with E-state index < -0.39 is 0 Å². The molecular formula is C8H16N2O. The van der Waals surface area contributed by atoms with Crippen molar-refractivity contribution in [3.8, 4) is 0 Å². The predicted octanol–water partition coefficient (Wildman–Crippen LogP) is 0.215. The summed E-state index contributed by atoms with van der Waals surface area (Å²) in [5.41, 5.74) is 0. The van der Waals surface area contributed by atoms with E-state index in [2.05, 4.69) is 24.2 Å². The molecule has 0 saturated carbocycles. The minimum atomic E-state index is 0.0810. The molecule has 2 atom stereocenters. The van der Waals surface area contributed by atoms with Crippen LogP contribution in [0, 0.1) is 0 Å². The highest BCUT2D eigenvalue weighted by Gasteiger charge is 2.25. The fraction of sp³-hybridized carbons (Fsp3) is 0.875. The Hall–Kier alpha value is -0.570. The van der Waals surface area contributed by atoms with Crippen molar-refractivity contribution in [1.82, 2.24) is 10.2 Å². The standard InChI is InChI=1S/C8H16N2O/c1-6-4-8(5-10(6)3)9-7(2)11/h6,8H,4-5H2,1-3H3,(H,9,11)/t6-,8?/m1/s1. The molecule has 0 aromatic carbocycles. The van der Waals surface area contributed by atoms with Gasteiger partial charge in [-0.25, -0.2) is 0 Å². The zero-order valence-electron chi connectivity index (χ0n) is 7.42. The lowest BCUT2D eigenvalue weighted by Crippen LogP contribution is -2.34. The molecule has 1 aliphatic heterocycles. The maximum Gasteiger partial charge on any atom is 0.217 e. The van der Waals surface area contributed by atoms with Crippen LogP contribution in [0.15, 0.2) is 0 Å². The van der Waals surface area contributed by atoms with Gasteiger partial charge in [0.2, 0.25) is 5.91 Å². The Morgan fingerprint density at radius 3 is 2.64 bits per heavy atom. The van der Waals surface area contributed by atoms with Gasteiger partial charge in [0, 0.05) is 25.6 Å². The van der Waals surface area contributed by atoms with Crippen LogP contribution in [0.2, 0.25) is 0 Å². The Kier molecular flexibility index (Phi) is 2.49. The first kappa shape index (κ1) is 8.53. The Bertz CT molecular complexity index is 148. The molecule has 0 radical (unpaired) electrons. The van der Waals surface area contributed by atoms with Crippen molar-refractivity contribution in [2.24, 2.45) is 0 Å². The number of nitrogens with one attached hydrogen (secondary N) is 1. The molecule has 1 fully saturated rings. The molecule has 1 heterocycles. The second-order valence-electron chi connectivity index (χ2n) is 3.42. The lowest BCUT2D eigenvalue weighted by molar-refractivity contribution is -0.119. The summed E-state index contributed by atoms with van der Waals surface area (Å²) >= 11 is 0. The Balaban J connectivity index is 2.35. The van der Waals surface area contributed by atoms with E-state index in [9.17, 15) is 4.79 Å². The second kappa shape index (κ2) is 3.22. The Labute approximate surface area is 67.8 Å². The number of rotatable bonds is 1. The molecule has 3 heteroatoms. The van der Waals surface area contributed by atoms with E-state index in [0.717, 1.165) is 13.0 Å². The van der Waals surface area contributed by atoms with Gasteiger partial charge in [-0.15, -0.1) is 0 Å². The summed E-state index contributed by atoms with van der Waals surface area (Å²) in [4.78, 5) is 12.9. The van der Waals surface area contributed by atoms with Crippen molar-refractivity contribution in [3.63, 3.8) is 0 Å². The van der Waals surface area contributed by atoms with Crippen LogP contribution in [0.25, 0.3) is 0 Å². The number of likely N-dealkylation sites (N-methyl/N-ethyl adjacent to an activating group) is 1. The molecule has 0 bridgehead atoms. The van der Waals surface area contributed by atoms with E-state index in [1.807, 2.05) is 0 Å². The zero-order valence-corrected chi connectivity index (χ0v) is 7.42. The molecule has 1 unspecified atom stereocenters. The molecule has 1 rings (SSSR count). The summed E-state index contributed by atoms with van der Waals surface area (Å²) in [6.07, 6.45) is 1.08. The van der Waals surface area contributed by atoms with Gasteiger partial charge in [-0.2, -0.15) is 0 Å². The fourth-order valence-corrected chi connectivity index (χ4v) is 1.59. The van der Waals surface area contributed by atoms with Crippen LogP contribution in [-0.4, -0.2) is 36.5 Å². The third-order valence-electron chi connectivity index (χ3n) is 2.29. The third-order valence-corrected chi connectivity index (χ3v) is 2.29. The predicted molar refractivity (Wildman–Crippen MR) is 44.3 cm³/mol. The maximum absolute atomic E-state index is 10.7. The molecule has 1 amide bonds. The van der Waals surface area contributed by atoms with Crippen LogP contribution in [0.4, 0.5) is 0 Å². The molecule has 64 valence electrons. The molecule has 11 heavy (non-hydrogen) atoms. The number of nitrogens with zero attached hydrogens (tertiary/aromatic N) is 1. The number of likely N-dealkylation sites (tertiary alicyclic amines) is 1. The van der Waals surface area contributed by atoms with Crippen LogP contribution in [-0.2, 0) is 4.79 Å². The zero-order chi connectivity index (χ0) is 8.43. The molecular weight excluding hydrogens is 140 g/mol. The molecule has 0 aromatic heterocycles. The van der Waals surface area contributed by atoms with E-state index in [1.165, 1.54) is 0 Å². The van der Waals surface area contributed by atoms with E-state index >= 15 is 0 Å². The minimum Gasteiger partial charge on any atom is -0.352 e. The first-order valence-corrected chi connectivity index (χ1v) is 4.07.